The highest BCUT2D eigenvalue weighted by atomic mass is 32.1. The zero-order valence-corrected chi connectivity index (χ0v) is 12.4. The van der Waals surface area contributed by atoms with Crippen molar-refractivity contribution in [1.29, 1.82) is 10.5 Å². The predicted octanol–water partition coefficient (Wildman–Crippen LogP) is 4.08. The third-order valence-corrected chi connectivity index (χ3v) is 4.38. The average Bonchev–Trinajstić information content (AvgIpc) is 3.02. The maximum Gasteiger partial charge on any atom is 0.173 e. The van der Waals surface area contributed by atoms with Gasteiger partial charge in [0.15, 0.2) is 5.78 Å². The van der Waals surface area contributed by atoms with E-state index in [1.165, 1.54) is 11.3 Å². The van der Waals surface area contributed by atoms with E-state index < -0.39 is 11.8 Å². The van der Waals surface area contributed by atoms with Crippen LogP contribution in [0.4, 0.5) is 0 Å². The summed E-state index contributed by atoms with van der Waals surface area (Å²) in [6, 6.07) is 15.2. The summed E-state index contributed by atoms with van der Waals surface area (Å²) in [6.07, 6.45) is 0.178. The van der Waals surface area contributed by atoms with E-state index in [0.717, 1.165) is 11.1 Å². The molecule has 2 aromatic rings. The van der Waals surface area contributed by atoms with Crippen molar-refractivity contribution in [1.82, 2.24) is 0 Å². The standard InChI is InChI=1S/C17H14N2OS/c1-12-5-2-3-6-14(12)15(13(10-18)11-19)9-16(20)17-7-4-8-21-17/h2-8,13,15H,9H2,1H3/t15-/m1/s1. The molecular formula is C17H14N2OS. The number of hydrogen-bond acceptors (Lipinski definition) is 4. The van der Waals surface area contributed by atoms with Crippen molar-refractivity contribution >= 4 is 17.1 Å². The lowest BCUT2D eigenvalue weighted by atomic mass is 9.81. The van der Waals surface area contributed by atoms with Crippen LogP contribution in [0.3, 0.4) is 0 Å². The minimum Gasteiger partial charge on any atom is -0.293 e. The third-order valence-electron chi connectivity index (χ3n) is 3.47. The number of ketones is 1. The van der Waals surface area contributed by atoms with Gasteiger partial charge in [0, 0.05) is 12.3 Å². The topological polar surface area (TPSA) is 64.7 Å². The van der Waals surface area contributed by atoms with Crippen molar-refractivity contribution in [3.05, 3.63) is 57.8 Å². The van der Waals surface area contributed by atoms with Gasteiger partial charge in [-0.3, -0.25) is 4.79 Å². The highest BCUT2D eigenvalue weighted by molar-refractivity contribution is 7.12. The van der Waals surface area contributed by atoms with Crippen LogP contribution in [-0.4, -0.2) is 5.78 Å². The van der Waals surface area contributed by atoms with E-state index in [1.807, 2.05) is 54.8 Å². The summed E-state index contributed by atoms with van der Waals surface area (Å²) in [4.78, 5) is 13.0. The number of nitriles is 2. The molecule has 21 heavy (non-hydrogen) atoms. The molecule has 0 saturated carbocycles. The SMILES string of the molecule is Cc1ccccc1[C@H](CC(=O)c1cccs1)C(C#N)C#N. The van der Waals surface area contributed by atoms with E-state index in [-0.39, 0.29) is 12.2 Å². The highest BCUT2D eigenvalue weighted by Crippen LogP contribution is 2.32. The van der Waals surface area contributed by atoms with Gasteiger partial charge in [-0.1, -0.05) is 30.3 Å². The molecule has 0 fully saturated rings. The predicted molar refractivity (Wildman–Crippen MR) is 81.9 cm³/mol. The molecule has 3 nitrogen and oxygen atoms in total. The first kappa shape index (κ1) is 15.0. The summed E-state index contributed by atoms with van der Waals surface area (Å²) in [7, 11) is 0. The molecule has 1 atom stereocenters. The van der Waals surface area contributed by atoms with Crippen molar-refractivity contribution in [3.63, 3.8) is 0 Å². The summed E-state index contributed by atoms with van der Waals surface area (Å²) in [5.74, 6) is -1.24. The molecule has 0 saturated heterocycles. The molecule has 2 rings (SSSR count). The lowest BCUT2D eigenvalue weighted by Gasteiger charge is -2.19. The molecule has 0 spiro atoms. The van der Waals surface area contributed by atoms with E-state index in [1.54, 1.807) is 6.07 Å². The summed E-state index contributed by atoms with van der Waals surface area (Å²) in [5, 5.41) is 20.3. The van der Waals surface area contributed by atoms with E-state index in [9.17, 15) is 15.3 Å². The van der Waals surface area contributed by atoms with Gasteiger partial charge in [0.25, 0.3) is 0 Å². The summed E-state index contributed by atoms with van der Waals surface area (Å²) in [6.45, 7) is 1.93. The maximum absolute atomic E-state index is 12.3. The fourth-order valence-corrected chi connectivity index (χ4v) is 3.03. The number of thiophene rings is 1. The summed E-state index contributed by atoms with van der Waals surface area (Å²) in [5.41, 5.74) is 1.90. The second-order valence-electron chi connectivity index (χ2n) is 4.80. The Labute approximate surface area is 128 Å². The van der Waals surface area contributed by atoms with E-state index >= 15 is 0 Å². The maximum atomic E-state index is 12.3. The Balaban J connectivity index is 2.34. The number of carbonyl (C=O) groups is 1. The van der Waals surface area contributed by atoms with Crippen LogP contribution < -0.4 is 0 Å². The zero-order valence-electron chi connectivity index (χ0n) is 11.6. The molecule has 0 aliphatic heterocycles. The molecule has 4 heteroatoms. The number of hydrogen-bond donors (Lipinski definition) is 0. The Morgan fingerprint density at radius 1 is 1.19 bits per heavy atom. The van der Waals surface area contributed by atoms with E-state index in [0.29, 0.717) is 4.88 Å². The molecule has 0 aliphatic carbocycles. The molecule has 0 radical (unpaired) electrons. The largest absolute Gasteiger partial charge is 0.293 e. The van der Waals surface area contributed by atoms with Crippen LogP contribution in [0.5, 0.6) is 0 Å². The molecule has 1 heterocycles. The minimum absolute atomic E-state index is 0.0197. The fraction of sp³-hybridized carbons (Fsp3) is 0.235. The van der Waals surface area contributed by atoms with Gasteiger partial charge in [0.1, 0.15) is 5.92 Å². The molecule has 0 amide bonds. The Morgan fingerprint density at radius 3 is 2.48 bits per heavy atom. The monoisotopic (exact) mass is 294 g/mol. The second-order valence-corrected chi connectivity index (χ2v) is 5.75. The summed E-state index contributed by atoms with van der Waals surface area (Å²) < 4.78 is 0. The number of Topliss-reactive ketones (excluding diaryl/α,β-unsaturated/α-hetero) is 1. The molecule has 104 valence electrons. The number of aryl methyl sites for hydroxylation is 1. The molecule has 1 aromatic carbocycles. The average molecular weight is 294 g/mol. The van der Waals surface area contributed by atoms with Gasteiger partial charge in [-0.25, -0.2) is 0 Å². The lowest BCUT2D eigenvalue weighted by Crippen LogP contribution is -2.15. The molecule has 0 bridgehead atoms. The minimum atomic E-state index is -0.824. The van der Waals surface area contributed by atoms with Crippen molar-refractivity contribution in [2.45, 2.75) is 19.3 Å². The van der Waals surface area contributed by atoms with Crippen LogP contribution >= 0.6 is 11.3 Å². The molecular weight excluding hydrogens is 280 g/mol. The lowest BCUT2D eigenvalue weighted by molar-refractivity contribution is 0.0974. The second kappa shape index (κ2) is 6.83. The van der Waals surface area contributed by atoms with Gasteiger partial charge in [-0.15, -0.1) is 11.3 Å². The van der Waals surface area contributed by atoms with Gasteiger partial charge < -0.3 is 0 Å². The number of rotatable bonds is 5. The number of benzene rings is 1. The smallest absolute Gasteiger partial charge is 0.173 e. The zero-order chi connectivity index (χ0) is 15.2. The molecule has 0 aliphatic rings. The summed E-state index contributed by atoms with van der Waals surface area (Å²) >= 11 is 1.38. The quantitative estimate of drug-likeness (QED) is 0.780. The van der Waals surface area contributed by atoms with Crippen molar-refractivity contribution < 1.29 is 4.79 Å². The normalized spacial score (nSPS) is 11.6. The van der Waals surface area contributed by atoms with Gasteiger partial charge in [-0.05, 0) is 29.5 Å². The Bertz CT molecular complexity index is 693. The fourth-order valence-electron chi connectivity index (χ4n) is 2.36. The van der Waals surface area contributed by atoms with E-state index in [2.05, 4.69) is 0 Å². The van der Waals surface area contributed by atoms with Gasteiger partial charge >= 0.3 is 0 Å². The van der Waals surface area contributed by atoms with Crippen LogP contribution in [0, 0.1) is 35.5 Å². The highest BCUT2D eigenvalue weighted by Gasteiger charge is 2.27. The first-order valence-electron chi connectivity index (χ1n) is 6.59. The van der Waals surface area contributed by atoms with Crippen LogP contribution in [-0.2, 0) is 0 Å². The number of nitrogens with zero attached hydrogens (tertiary/aromatic N) is 2. The Morgan fingerprint density at radius 2 is 1.90 bits per heavy atom. The van der Waals surface area contributed by atoms with Crippen molar-refractivity contribution in [2.75, 3.05) is 0 Å². The molecule has 0 unspecified atom stereocenters. The van der Waals surface area contributed by atoms with Gasteiger partial charge in [-0.2, -0.15) is 10.5 Å². The number of carbonyl (C=O) groups excluding carboxylic acids is 1. The molecule has 0 N–H and O–H groups in total. The van der Waals surface area contributed by atoms with Crippen LogP contribution in [0.15, 0.2) is 41.8 Å². The van der Waals surface area contributed by atoms with Gasteiger partial charge in [0.2, 0.25) is 0 Å². The van der Waals surface area contributed by atoms with Crippen LogP contribution in [0.2, 0.25) is 0 Å². The van der Waals surface area contributed by atoms with Crippen molar-refractivity contribution in [3.8, 4) is 12.1 Å². The van der Waals surface area contributed by atoms with E-state index in [4.69, 9.17) is 0 Å². The molecule has 1 aromatic heterocycles. The van der Waals surface area contributed by atoms with Crippen LogP contribution in [0.25, 0.3) is 0 Å². The van der Waals surface area contributed by atoms with Crippen LogP contribution in [0.1, 0.15) is 33.1 Å². The van der Waals surface area contributed by atoms with Gasteiger partial charge in [0.05, 0.1) is 17.0 Å². The third kappa shape index (κ3) is 3.37. The first-order valence-corrected chi connectivity index (χ1v) is 7.46. The Hall–Kier alpha value is -2.43. The first-order chi connectivity index (χ1) is 10.2. The Kier molecular flexibility index (Phi) is 4.87. The van der Waals surface area contributed by atoms with Crippen molar-refractivity contribution in [2.24, 2.45) is 5.92 Å².